The Kier molecular flexibility index (Phi) is 6.65. The van der Waals surface area contributed by atoms with Crippen LogP contribution in [-0.4, -0.2) is 26.5 Å². The molecule has 0 bridgehead atoms. The summed E-state index contributed by atoms with van der Waals surface area (Å²) in [7, 11) is -3.81. The summed E-state index contributed by atoms with van der Waals surface area (Å²) in [5.41, 5.74) is -0.115. The van der Waals surface area contributed by atoms with Gasteiger partial charge in [0.05, 0.1) is 5.02 Å². The molecular formula is C15H19Cl2NO4S. The van der Waals surface area contributed by atoms with Gasteiger partial charge in [-0.15, -0.1) is 0 Å². The van der Waals surface area contributed by atoms with E-state index in [1.165, 1.54) is 24.3 Å². The summed E-state index contributed by atoms with van der Waals surface area (Å²) in [6.45, 7) is 6.79. The maximum Gasteiger partial charge on any atom is 0.330 e. The SMILES string of the molecule is Cc1c(Cl)ccc(S(=O)(=O)NC/C=C/C(=O)OC(C)(C)C)c1Cl. The monoisotopic (exact) mass is 379 g/mol. The van der Waals surface area contributed by atoms with Crippen molar-refractivity contribution in [2.24, 2.45) is 0 Å². The average Bonchev–Trinajstić information content (AvgIpc) is 2.39. The van der Waals surface area contributed by atoms with Crippen molar-refractivity contribution in [1.29, 1.82) is 0 Å². The minimum atomic E-state index is -3.81. The van der Waals surface area contributed by atoms with Crippen molar-refractivity contribution < 1.29 is 17.9 Å². The van der Waals surface area contributed by atoms with E-state index >= 15 is 0 Å². The summed E-state index contributed by atoms with van der Waals surface area (Å²) >= 11 is 11.9. The minimum Gasteiger partial charge on any atom is -0.457 e. The molecule has 0 unspecified atom stereocenters. The summed E-state index contributed by atoms with van der Waals surface area (Å²) in [6.07, 6.45) is 2.53. The molecule has 0 amide bonds. The Morgan fingerprint density at radius 2 is 1.91 bits per heavy atom. The van der Waals surface area contributed by atoms with E-state index in [1.807, 2.05) is 0 Å². The summed E-state index contributed by atoms with van der Waals surface area (Å²) in [5, 5.41) is 0.458. The van der Waals surface area contributed by atoms with Crippen LogP contribution in [0.4, 0.5) is 0 Å². The molecule has 8 heteroatoms. The van der Waals surface area contributed by atoms with Crippen molar-refractivity contribution >= 4 is 39.2 Å². The number of benzene rings is 1. The molecule has 0 saturated carbocycles. The fourth-order valence-electron chi connectivity index (χ4n) is 1.57. The van der Waals surface area contributed by atoms with Gasteiger partial charge in [0, 0.05) is 17.6 Å². The van der Waals surface area contributed by atoms with Gasteiger partial charge in [-0.05, 0) is 45.4 Å². The number of carbonyl (C=O) groups is 1. The quantitative estimate of drug-likeness (QED) is 0.627. The molecule has 0 fully saturated rings. The lowest BCUT2D eigenvalue weighted by atomic mass is 10.2. The Hall–Kier alpha value is -1.08. The number of hydrogen-bond donors (Lipinski definition) is 1. The summed E-state index contributed by atoms with van der Waals surface area (Å²) < 4.78 is 31.8. The number of ether oxygens (including phenoxy) is 1. The van der Waals surface area contributed by atoms with Gasteiger partial charge in [-0.25, -0.2) is 17.9 Å². The van der Waals surface area contributed by atoms with Crippen LogP contribution in [0.25, 0.3) is 0 Å². The first kappa shape index (κ1) is 20.0. The number of carbonyl (C=O) groups excluding carboxylic acids is 1. The van der Waals surface area contributed by atoms with Crippen LogP contribution in [-0.2, 0) is 19.6 Å². The third-order valence-electron chi connectivity index (χ3n) is 2.63. The van der Waals surface area contributed by atoms with Crippen LogP contribution in [0.15, 0.2) is 29.2 Å². The van der Waals surface area contributed by atoms with Gasteiger partial charge in [-0.2, -0.15) is 0 Å². The van der Waals surface area contributed by atoms with Gasteiger partial charge in [0.2, 0.25) is 10.0 Å². The molecule has 23 heavy (non-hydrogen) atoms. The van der Waals surface area contributed by atoms with E-state index in [0.717, 1.165) is 0 Å². The molecule has 0 heterocycles. The van der Waals surface area contributed by atoms with E-state index in [1.54, 1.807) is 27.7 Å². The van der Waals surface area contributed by atoms with Gasteiger partial charge in [0.15, 0.2) is 0 Å². The molecule has 1 aromatic rings. The van der Waals surface area contributed by atoms with Crippen molar-refractivity contribution in [3.8, 4) is 0 Å². The molecule has 0 spiro atoms. The Bertz CT molecular complexity index is 722. The normalized spacial score (nSPS) is 12.6. The number of halogens is 2. The number of nitrogens with one attached hydrogen (secondary N) is 1. The maximum absolute atomic E-state index is 12.2. The van der Waals surface area contributed by atoms with Crippen LogP contribution in [0.1, 0.15) is 26.3 Å². The summed E-state index contributed by atoms with van der Waals surface area (Å²) in [4.78, 5) is 11.4. The average molecular weight is 380 g/mol. The standard InChI is InChI=1S/C15H19Cl2NO4S/c1-10-11(16)7-8-12(14(10)17)23(20,21)18-9-5-6-13(19)22-15(2,3)4/h5-8,18H,9H2,1-4H3/b6-5+. The fourth-order valence-corrected chi connectivity index (χ4v) is 3.35. The maximum atomic E-state index is 12.2. The van der Waals surface area contributed by atoms with Crippen LogP contribution in [0, 0.1) is 6.92 Å². The molecular weight excluding hydrogens is 361 g/mol. The van der Waals surface area contributed by atoms with E-state index in [9.17, 15) is 13.2 Å². The molecule has 1 N–H and O–H groups in total. The molecule has 1 rings (SSSR count). The van der Waals surface area contributed by atoms with E-state index < -0.39 is 21.6 Å². The second-order valence-electron chi connectivity index (χ2n) is 5.77. The zero-order chi connectivity index (χ0) is 17.8. The predicted octanol–water partition coefficient (Wildman–Crippen LogP) is 3.48. The molecule has 5 nitrogen and oxygen atoms in total. The first-order chi connectivity index (χ1) is 10.4. The highest BCUT2D eigenvalue weighted by Crippen LogP contribution is 2.29. The fraction of sp³-hybridized carbons (Fsp3) is 0.400. The van der Waals surface area contributed by atoms with E-state index in [-0.39, 0.29) is 16.5 Å². The highest BCUT2D eigenvalue weighted by Gasteiger charge is 2.19. The zero-order valence-electron chi connectivity index (χ0n) is 13.3. The van der Waals surface area contributed by atoms with Crippen LogP contribution >= 0.6 is 23.2 Å². The Balaban J connectivity index is 2.75. The van der Waals surface area contributed by atoms with Gasteiger partial charge >= 0.3 is 5.97 Å². The van der Waals surface area contributed by atoms with Crippen LogP contribution in [0.3, 0.4) is 0 Å². The van der Waals surface area contributed by atoms with Crippen molar-refractivity contribution in [2.75, 3.05) is 6.54 Å². The highest BCUT2D eigenvalue weighted by molar-refractivity contribution is 7.89. The molecule has 1 aromatic carbocycles. The van der Waals surface area contributed by atoms with E-state index in [4.69, 9.17) is 27.9 Å². The van der Waals surface area contributed by atoms with Crippen LogP contribution in [0.2, 0.25) is 10.0 Å². The van der Waals surface area contributed by atoms with Crippen molar-refractivity contribution in [2.45, 2.75) is 38.2 Å². The van der Waals surface area contributed by atoms with Gasteiger partial charge in [0.1, 0.15) is 10.5 Å². The lowest BCUT2D eigenvalue weighted by molar-refractivity contribution is -0.148. The zero-order valence-corrected chi connectivity index (χ0v) is 15.6. The second kappa shape index (κ2) is 7.66. The lowest BCUT2D eigenvalue weighted by Gasteiger charge is -2.17. The number of sulfonamides is 1. The van der Waals surface area contributed by atoms with E-state index in [0.29, 0.717) is 10.6 Å². The van der Waals surface area contributed by atoms with Crippen LogP contribution in [0.5, 0.6) is 0 Å². The lowest BCUT2D eigenvalue weighted by Crippen LogP contribution is -2.25. The molecule has 0 aliphatic carbocycles. The van der Waals surface area contributed by atoms with Crippen molar-refractivity contribution in [1.82, 2.24) is 4.72 Å². The van der Waals surface area contributed by atoms with E-state index in [2.05, 4.69) is 4.72 Å². The minimum absolute atomic E-state index is 0.0632. The summed E-state index contributed by atoms with van der Waals surface area (Å²) in [6, 6.07) is 2.80. The Morgan fingerprint density at radius 3 is 2.48 bits per heavy atom. The van der Waals surface area contributed by atoms with Gasteiger partial charge in [0.25, 0.3) is 0 Å². The van der Waals surface area contributed by atoms with Crippen LogP contribution < -0.4 is 4.72 Å². The van der Waals surface area contributed by atoms with Crippen molar-refractivity contribution in [3.05, 3.63) is 39.9 Å². The summed E-state index contributed by atoms with van der Waals surface area (Å²) in [5.74, 6) is -0.544. The van der Waals surface area contributed by atoms with Gasteiger partial charge in [-0.3, -0.25) is 0 Å². The molecule has 0 radical (unpaired) electrons. The smallest absolute Gasteiger partial charge is 0.330 e. The topological polar surface area (TPSA) is 72.5 Å². The third-order valence-corrected chi connectivity index (χ3v) is 5.10. The molecule has 0 aliphatic rings. The van der Waals surface area contributed by atoms with Gasteiger partial charge in [-0.1, -0.05) is 29.3 Å². The number of rotatable bonds is 5. The molecule has 0 saturated heterocycles. The first-order valence-corrected chi connectivity index (χ1v) is 9.02. The second-order valence-corrected chi connectivity index (χ2v) is 8.29. The highest BCUT2D eigenvalue weighted by atomic mass is 35.5. The van der Waals surface area contributed by atoms with Gasteiger partial charge < -0.3 is 4.74 Å². The Morgan fingerprint density at radius 1 is 1.30 bits per heavy atom. The number of hydrogen-bond acceptors (Lipinski definition) is 4. The number of esters is 1. The molecule has 0 aliphatic heterocycles. The molecule has 0 aromatic heterocycles. The first-order valence-electron chi connectivity index (χ1n) is 6.78. The van der Waals surface area contributed by atoms with Crippen molar-refractivity contribution in [3.63, 3.8) is 0 Å². The molecule has 0 atom stereocenters. The largest absolute Gasteiger partial charge is 0.457 e. The predicted molar refractivity (Wildman–Crippen MR) is 91.4 cm³/mol. The third kappa shape index (κ3) is 6.14. The Labute approximate surface area is 146 Å². The molecule has 128 valence electrons.